The van der Waals surface area contributed by atoms with Gasteiger partial charge in [0.15, 0.2) is 17.5 Å². The van der Waals surface area contributed by atoms with Gasteiger partial charge in [-0.2, -0.15) is 0 Å². The summed E-state index contributed by atoms with van der Waals surface area (Å²) in [4.78, 5) is 6.51. The molecule has 0 aliphatic carbocycles. The van der Waals surface area contributed by atoms with Gasteiger partial charge in [0.25, 0.3) is 0 Å². The molecular formula is C15H23N3O3. The van der Waals surface area contributed by atoms with Gasteiger partial charge in [-0.3, -0.25) is 4.99 Å². The highest BCUT2D eigenvalue weighted by Gasteiger charge is 2.15. The highest BCUT2D eigenvalue weighted by molar-refractivity contribution is 5.81. The van der Waals surface area contributed by atoms with Crippen LogP contribution in [0.3, 0.4) is 0 Å². The van der Waals surface area contributed by atoms with E-state index in [1.807, 2.05) is 26.1 Å². The Hall–Kier alpha value is -2.11. The third kappa shape index (κ3) is 3.51. The minimum atomic E-state index is 0.561. The molecule has 1 heterocycles. The number of rotatable bonds is 6. The summed E-state index contributed by atoms with van der Waals surface area (Å²) in [5.74, 6) is 2.91. The zero-order chi connectivity index (χ0) is 15.2. The molecule has 0 saturated carbocycles. The van der Waals surface area contributed by atoms with E-state index in [1.165, 1.54) is 0 Å². The third-order valence-corrected chi connectivity index (χ3v) is 3.32. The fourth-order valence-electron chi connectivity index (χ4n) is 2.23. The molecule has 1 aliphatic heterocycles. The molecule has 0 spiro atoms. The lowest BCUT2D eigenvalue weighted by molar-refractivity contribution is 0.288. The van der Waals surface area contributed by atoms with E-state index in [0.29, 0.717) is 30.4 Å². The van der Waals surface area contributed by atoms with Gasteiger partial charge in [-0.15, -0.1) is 0 Å². The Labute approximate surface area is 125 Å². The van der Waals surface area contributed by atoms with E-state index in [9.17, 15) is 0 Å². The smallest absolute Gasteiger partial charge is 0.203 e. The number of ether oxygens (including phenoxy) is 3. The molecule has 0 radical (unpaired) electrons. The van der Waals surface area contributed by atoms with Crippen LogP contribution in [0.2, 0.25) is 0 Å². The van der Waals surface area contributed by atoms with Crippen molar-refractivity contribution in [3.63, 3.8) is 0 Å². The first-order chi connectivity index (χ1) is 10.2. The number of hydrogen-bond donors (Lipinski definition) is 1. The highest BCUT2D eigenvalue weighted by Crippen LogP contribution is 2.38. The fraction of sp³-hybridized carbons (Fsp3) is 0.533. The number of likely N-dealkylation sites (N-methyl/N-ethyl adjacent to an activating group) is 1. The molecule has 0 atom stereocenters. The van der Waals surface area contributed by atoms with E-state index in [-0.39, 0.29) is 0 Å². The molecule has 0 saturated heterocycles. The third-order valence-electron chi connectivity index (χ3n) is 3.32. The number of methoxy groups -OCH3 is 2. The van der Waals surface area contributed by atoms with Gasteiger partial charge in [-0.25, -0.2) is 0 Å². The maximum absolute atomic E-state index is 5.60. The van der Waals surface area contributed by atoms with Crippen LogP contribution in [0.4, 0.5) is 0 Å². The van der Waals surface area contributed by atoms with Gasteiger partial charge < -0.3 is 24.4 Å². The number of nitrogens with zero attached hydrogens (tertiary/aromatic N) is 2. The van der Waals surface area contributed by atoms with E-state index < -0.39 is 0 Å². The lowest BCUT2D eigenvalue weighted by Gasteiger charge is -2.18. The summed E-state index contributed by atoms with van der Waals surface area (Å²) in [5.41, 5.74) is 1.05. The van der Waals surface area contributed by atoms with Crippen molar-refractivity contribution in [1.29, 1.82) is 0 Å². The topological polar surface area (TPSA) is 55.3 Å². The minimum absolute atomic E-state index is 0.561. The summed E-state index contributed by atoms with van der Waals surface area (Å²) in [6.45, 7) is 4.95. The van der Waals surface area contributed by atoms with Crippen molar-refractivity contribution < 1.29 is 14.2 Å². The molecule has 0 aromatic heterocycles. The quantitative estimate of drug-likeness (QED) is 0.861. The molecule has 0 fully saturated rings. The van der Waals surface area contributed by atoms with E-state index in [2.05, 4.69) is 15.2 Å². The van der Waals surface area contributed by atoms with Crippen molar-refractivity contribution in [3.05, 3.63) is 17.7 Å². The Morgan fingerprint density at radius 3 is 2.38 bits per heavy atom. The lowest BCUT2D eigenvalue weighted by atomic mass is 10.2. The minimum Gasteiger partial charge on any atom is -0.493 e. The van der Waals surface area contributed by atoms with Gasteiger partial charge >= 0.3 is 0 Å². The normalized spacial score (nSPS) is 13.9. The number of hydrogen-bond acceptors (Lipinski definition) is 6. The maximum atomic E-state index is 5.60. The second kappa shape index (κ2) is 7.06. The van der Waals surface area contributed by atoms with Crippen molar-refractivity contribution in [2.24, 2.45) is 4.99 Å². The van der Waals surface area contributed by atoms with E-state index in [4.69, 9.17) is 14.2 Å². The van der Waals surface area contributed by atoms with Crippen molar-refractivity contribution in [2.75, 3.05) is 41.0 Å². The van der Waals surface area contributed by atoms with Gasteiger partial charge in [-0.05, 0) is 24.6 Å². The Balaban J connectivity index is 2.16. The summed E-state index contributed by atoms with van der Waals surface area (Å²) >= 11 is 0. The van der Waals surface area contributed by atoms with Crippen LogP contribution in [0.15, 0.2) is 17.1 Å². The Bertz CT molecular complexity index is 492. The van der Waals surface area contributed by atoms with Gasteiger partial charge in [0.1, 0.15) is 0 Å². The number of nitrogens with one attached hydrogen (secondary N) is 1. The van der Waals surface area contributed by atoms with Crippen LogP contribution in [0.5, 0.6) is 17.2 Å². The molecule has 1 N–H and O–H groups in total. The SMILES string of the molecule is CCOc1c(OC)cc(CNC2=NCCN2C)cc1OC. The van der Waals surface area contributed by atoms with Crippen LogP contribution in [-0.2, 0) is 6.54 Å². The van der Waals surface area contributed by atoms with Gasteiger partial charge in [-0.1, -0.05) is 0 Å². The summed E-state index contributed by atoms with van der Waals surface area (Å²) < 4.78 is 16.4. The zero-order valence-electron chi connectivity index (χ0n) is 13.1. The molecule has 0 bridgehead atoms. The van der Waals surface area contributed by atoms with E-state index in [0.717, 1.165) is 24.6 Å². The predicted octanol–water partition coefficient (Wildman–Crippen LogP) is 1.49. The van der Waals surface area contributed by atoms with Crippen molar-refractivity contribution >= 4 is 5.96 Å². The first kappa shape index (κ1) is 15.3. The molecule has 1 aromatic carbocycles. The van der Waals surface area contributed by atoms with E-state index >= 15 is 0 Å². The van der Waals surface area contributed by atoms with Crippen molar-refractivity contribution in [3.8, 4) is 17.2 Å². The summed E-state index contributed by atoms with van der Waals surface area (Å²) in [6.07, 6.45) is 0. The fourth-order valence-corrected chi connectivity index (χ4v) is 2.23. The molecule has 1 aliphatic rings. The second-order valence-electron chi connectivity index (χ2n) is 4.74. The zero-order valence-corrected chi connectivity index (χ0v) is 13.1. The lowest BCUT2D eigenvalue weighted by Crippen LogP contribution is -2.35. The van der Waals surface area contributed by atoms with Gasteiger partial charge in [0.05, 0.1) is 27.4 Å². The molecule has 116 valence electrons. The van der Waals surface area contributed by atoms with Crippen molar-refractivity contribution in [1.82, 2.24) is 10.2 Å². The molecule has 2 rings (SSSR count). The highest BCUT2D eigenvalue weighted by atomic mass is 16.5. The molecule has 21 heavy (non-hydrogen) atoms. The van der Waals surface area contributed by atoms with Crippen LogP contribution in [0, 0.1) is 0 Å². The summed E-state index contributed by atoms with van der Waals surface area (Å²) in [7, 11) is 5.28. The maximum Gasteiger partial charge on any atom is 0.203 e. The molecular weight excluding hydrogens is 270 g/mol. The Kier molecular flexibility index (Phi) is 5.14. The Morgan fingerprint density at radius 2 is 1.90 bits per heavy atom. The molecule has 0 amide bonds. The molecule has 1 aromatic rings. The van der Waals surface area contributed by atoms with Gasteiger partial charge in [0.2, 0.25) is 5.75 Å². The number of benzene rings is 1. The van der Waals surface area contributed by atoms with E-state index in [1.54, 1.807) is 14.2 Å². The molecule has 6 heteroatoms. The molecule has 0 unspecified atom stereocenters. The average molecular weight is 293 g/mol. The number of aliphatic imine (C=N–C) groups is 1. The van der Waals surface area contributed by atoms with Crippen LogP contribution in [-0.4, -0.2) is 51.8 Å². The average Bonchev–Trinajstić information content (AvgIpc) is 2.91. The first-order valence-electron chi connectivity index (χ1n) is 7.06. The number of guanidine groups is 1. The van der Waals surface area contributed by atoms with Gasteiger partial charge in [0, 0.05) is 20.1 Å². The van der Waals surface area contributed by atoms with Crippen LogP contribution in [0.25, 0.3) is 0 Å². The summed E-state index contributed by atoms with van der Waals surface area (Å²) in [5, 5.41) is 3.33. The first-order valence-corrected chi connectivity index (χ1v) is 7.06. The predicted molar refractivity (Wildman–Crippen MR) is 82.5 cm³/mol. The van der Waals surface area contributed by atoms with Crippen LogP contribution >= 0.6 is 0 Å². The standard InChI is InChI=1S/C15H23N3O3/c1-5-21-14-12(19-3)8-11(9-13(14)20-4)10-17-15-16-6-7-18(15)2/h8-9H,5-7,10H2,1-4H3,(H,16,17). The van der Waals surface area contributed by atoms with Crippen LogP contribution in [0.1, 0.15) is 12.5 Å². The Morgan fingerprint density at radius 1 is 1.24 bits per heavy atom. The molecule has 6 nitrogen and oxygen atoms in total. The van der Waals surface area contributed by atoms with Crippen molar-refractivity contribution in [2.45, 2.75) is 13.5 Å². The second-order valence-corrected chi connectivity index (χ2v) is 4.74. The van der Waals surface area contributed by atoms with Crippen LogP contribution < -0.4 is 19.5 Å². The largest absolute Gasteiger partial charge is 0.493 e. The monoisotopic (exact) mass is 293 g/mol. The summed E-state index contributed by atoms with van der Waals surface area (Å²) in [6, 6.07) is 3.91.